The second-order valence-electron chi connectivity index (χ2n) is 4.83. The second kappa shape index (κ2) is 5.25. The monoisotopic (exact) mass is 272 g/mol. The Morgan fingerprint density at radius 3 is 2.15 bits per heavy atom. The van der Waals surface area contributed by atoms with Crippen LogP contribution >= 0.6 is 0 Å². The van der Waals surface area contributed by atoms with E-state index in [1.807, 2.05) is 31.2 Å². The molecule has 0 aromatic heterocycles. The predicted octanol–water partition coefficient (Wildman–Crippen LogP) is 3.10. The molecule has 0 bridgehead atoms. The number of hydrogen-bond donors (Lipinski definition) is 3. The number of Topliss-reactive ketones (excluding diaryl/α,β-unsaturated/α-hetero) is 1. The summed E-state index contributed by atoms with van der Waals surface area (Å²) in [6, 6.07) is 10.0. The van der Waals surface area contributed by atoms with E-state index in [9.17, 15) is 20.1 Å². The second-order valence-corrected chi connectivity index (χ2v) is 4.83. The van der Waals surface area contributed by atoms with E-state index in [2.05, 4.69) is 0 Å². The molecule has 0 radical (unpaired) electrons. The molecular weight excluding hydrogens is 256 g/mol. The number of aromatic hydroxyl groups is 3. The van der Waals surface area contributed by atoms with Crippen LogP contribution in [0.4, 0.5) is 0 Å². The molecule has 0 spiro atoms. The van der Waals surface area contributed by atoms with Crippen molar-refractivity contribution in [1.29, 1.82) is 0 Å². The number of benzene rings is 2. The molecule has 3 N–H and O–H groups in total. The first-order chi connectivity index (χ1) is 9.41. The van der Waals surface area contributed by atoms with E-state index in [-0.39, 0.29) is 11.3 Å². The van der Waals surface area contributed by atoms with Crippen LogP contribution in [-0.4, -0.2) is 21.1 Å². The Morgan fingerprint density at radius 1 is 0.950 bits per heavy atom. The van der Waals surface area contributed by atoms with Gasteiger partial charge in [0.25, 0.3) is 0 Å². The van der Waals surface area contributed by atoms with E-state index in [0.29, 0.717) is 0 Å². The molecule has 2 rings (SSSR count). The molecular formula is C16H16O4. The van der Waals surface area contributed by atoms with E-state index in [4.69, 9.17) is 0 Å². The van der Waals surface area contributed by atoms with Crippen LogP contribution < -0.4 is 0 Å². The minimum absolute atomic E-state index is 0.00613. The zero-order valence-corrected chi connectivity index (χ0v) is 11.3. The predicted molar refractivity (Wildman–Crippen MR) is 75.4 cm³/mol. The normalized spacial score (nSPS) is 12.1. The number of rotatable bonds is 3. The molecule has 0 aliphatic heterocycles. The van der Waals surface area contributed by atoms with Crippen molar-refractivity contribution in [3.05, 3.63) is 53.1 Å². The SMILES string of the molecule is Cc1ccc(C(C)C(=O)c2ccc(O)c(O)c2O)cc1. The number of aryl methyl sites for hydroxylation is 1. The van der Waals surface area contributed by atoms with E-state index >= 15 is 0 Å². The Hall–Kier alpha value is -2.49. The first kappa shape index (κ1) is 13.9. The van der Waals surface area contributed by atoms with Crippen molar-refractivity contribution < 1.29 is 20.1 Å². The number of carbonyl (C=O) groups is 1. The lowest BCUT2D eigenvalue weighted by atomic mass is 9.91. The average molecular weight is 272 g/mol. The maximum Gasteiger partial charge on any atom is 0.201 e. The Kier molecular flexibility index (Phi) is 3.66. The lowest BCUT2D eigenvalue weighted by Crippen LogP contribution is -2.10. The van der Waals surface area contributed by atoms with Gasteiger partial charge in [-0.15, -0.1) is 0 Å². The van der Waals surface area contributed by atoms with Crippen LogP contribution in [0.15, 0.2) is 36.4 Å². The summed E-state index contributed by atoms with van der Waals surface area (Å²) >= 11 is 0. The fraction of sp³-hybridized carbons (Fsp3) is 0.188. The highest BCUT2D eigenvalue weighted by atomic mass is 16.3. The Bertz CT molecular complexity index is 644. The van der Waals surface area contributed by atoms with E-state index in [0.717, 1.165) is 11.1 Å². The van der Waals surface area contributed by atoms with Gasteiger partial charge in [-0.25, -0.2) is 0 Å². The van der Waals surface area contributed by atoms with Crippen molar-refractivity contribution in [2.75, 3.05) is 0 Å². The molecule has 0 aliphatic carbocycles. The summed E-state index contributed by atoms with van der Waals surface area (Å²) in [7, 11) is 0. The van der Waals surface area contributed by atoms with Gasteiger partial charge in [-0.3, -0.25) is 4.79 Å². The molecule has 0 saturated heterocycles. The molecule has 4 nitrogen and oxygen atoms in total. The van der Waals surface area contributed by atoms with Gasteiger partial charge >= 0.3 is 0 Å². The number of ketones is 1. The van der Waals surface area contributed by atoms with Gasteiger partial charge in [0.2, 0.25) is 5.75 Å². The van der Waals surface area contributed by atoms with Gasteiger partial charge in [-0.2, -0.15) is 0 Å². The molecule has 0 amide bonds. The maximum atomic E-state index is 12.4. The summed E-state index contributed by atoms with van der Waals surface area (Å²) in [6.45, 7) is 3.69. The van der Waals surface area contributed by atoms with Crippen LogP contribution in [0.25, 0.3) is 0 Å². The molecule has 2 aromatic rings. The Labute approximate surface area is 116 Å². The summed E-state index contributed by atoms with van der Waals surface area (Å²) in [5.74, 6) is -2.49. The lowest BCUT2D eigenvalue weighted by molar-refractivity contribution is 0.0962. The molecule has 104 valence electrons. The summed E-state index contributed by atoms with van der Waals surface area (Å²) < 4.78 is 0. The smallest absolute Gasteiger partial charge is 0.201 e. The van der Waals surface area contributed by atoms with E-state index < -0.39 is 23.2 Å². The number of carbonyl (C=O) groups excluding carboxylic acids is 1. The topological polar surface area (TPSA) is 77.8 Å². The van der Waals surface area contributed by atoms with Crippen LogP contribution in [0.2, 0.25) is 0 Å². The number of phenolic OH excluding ortho intramolecular Hbond substituents is 3. The van der Waals surface area contributed by atoms with Gasteiger partial charge in [0.05, 0.1) is 5.56 Å². The van der Waals surface area contributed by atoms with Crippen molar-refractivity contribution in [2.24, 2.45) is 0 Å². The molecule has 0 fully saturated rings. The minimum atomic E-state index is -0.674. The van der Waals surface area contributed by atoms with Crippen LogP contribution in [-0.2, 0) is 0 Å². The summed E-state index contributed by atoms with van der Waals surface area (Å²) in [6.07, 6.45) is 0. The number of hydrogen-bond acceptors (Lipinski definition) is 4. The third kappa shape index (κ3) is 2.45. The highest BCUT2D eigenvalue weighted by molar-refractivity contribution is 6.03. The van der Waals surface area contributed by atoms with E-state index in [1.54, 1.807) is 6.92 Å². The van der Waals surface area contributed by atoms with Crippen LogP contribution in [0.1, 0.15) is 34.3 Å². The molecule has 0 saturated carbocycles. The zero-order valence-electron chi connectivity index (χ0n) is 11.3. The number of phenols is 3. The molecule has 1 unspecified atom stereocenters. The van der Waals surface area contributed by atoms with Crippen molar-refractivity contribution >= 4 is 5.78 Å². The fourth-order valence-electron chi connectivity index (χ4n) is 2.01. The molecule has 2 aromatic carbocycles. The van der Waals surface area contributed by atoms with Gasteiger partial charge in [0.15, 0.2) is 17.3 Å². The van der Waals surface area contributed by atoms with Gasteiger partial charge in [-0.05, 0) is 24.6 Å². The maximum absolute atomic E-state index is 12.4. The third-order valence-corrected chi connectivity index (χ3v) is 3.37. The quantitative estimate of drug-likeness (QED) is 0.592. The van der Waals surface area contributed by atoms with Crippen molar-refractivity contribution in [1.82, 2.24) is 0 Å². The highest BCUT2D eigenvalue weighted by Gasteiger charge is 2.22. The fourth-order valence-corrected chi connectivity index (χ4v) is 2.01. The largest absolute Gasteiger partial charge is 0.504 e. The molecule has 0 aliphatic rings. The van der Waals surface area contributed by atoms with Crippen molar-refractivity contribution in [3.8, 4) is 17.2 Å². The molecule has 20 heavy (non-hydrogen) atoms. The third-order valence-electron chi connectivity index (χ3n) is 3.37. The van der Waals surface area contributed by atoms with Crippen LogP contribution in [0.3, 0.4) is 0 Å². The molecule has 0 heterocycles. The first-order valence-electron chi connectivity index (χ1n) is 6.26. The standard InChI is InChI=1S/C16H16O4/c1-9-3-5-11(6-4-9)10(2)14(18)12-7-8-13(17)16(20)15(12)19/h3-8,10,17,19-20H,1-2H3. The molecule has 4 heteroatoms. The van der Waals surface area contributed by atoms with Gasteiger partial charge < -0.3 is 15.3 Å². The van der Waals surface area contributed by atoms with Gasteiger partial charge in [0.1, 0.15) is 0 Å². The molecule has 1 atom stereocenters. The van der Waals surface area contributed by atoms with E-state index in [1.165, 1.54) is 12.1 Å². The van der Waals surface area contributed by atoms with Crippen molar-refractivity contribution in [2.45, 2.75) is 19.8 Å². The summed E-state index contributed by atoms with van der Waals surface area (Å²) in [4.78, 5) is 12.4. The van der Waals surface area contributed by atoms with Gasteiger partial charge in [0, 0.05) is 5.92 Å². The Morgan fingerprint density at radius 2 is 1.55 bits per heavy atom. The first-order valence-corrected chi connectivity index (χ1v) is 6.26. The highest BCUT2D eigenvalue weighted by Crippen LogP contribution is 2.38. The lowest BCUT2D eigenvalue weighted by Gasteiger charge is -2.13. The summed E-state index contributed by atoms with van der Waals surface area (Å²) in [5, 5.41) is 28.5. The Balaban J connectivity index is 2.36. The van der Waals surface area contributed by atoms with Gasteiger partial charge in [-0.1, -0.05) is 36.8 Å². The minimum Gasteiger partial charge on any atom is -0.504 e. The van der Waals surface area contributed by atoms with Crippen molar-refractivity contribution in [3.63, 3.8) is 0 Å². The summed E-state index contributed by atoms with van der Waals surface area (Å²) in [5.41, 5.74) is 1.92. The average Bonchev–Trinajstić information content (AvgIpc) is 2.44. The zero-order chi connectivity index (χ0) is 14.9. The van der Waals surface area contributed by atoms with Crippen LogP contribution in [0, 0.1) is 6.92 Å². The van der Waals surface area contributed by atoms with Crippen LogP contribution in [0.5, 0.6) is 17.2 Å².